The van der Waals surface area contributed by atoms with E-state index in [1.807, 2.05) is 28.8 Å². The highest BCUT2D eigenvalue weighted by atomic mass is 32.2. The van der Waals surface area contributed by atoms with Crippen molar-refractivity contribution in [3.63, 3.8) is 0 Å². The number of nitrogens with zero attached hydrogens (tertiary/aromatic N) is 5. The molecule has 2 aromatic carbocycles. The third-order valence-electron chi connectivity index (χ3n) is 6.67. The maximum Gasteiger partial charge on any atom is 0.256 e. The molecule has 0 spiro atoms. The lowest BCUT2D eigenvalue weighted by Gasteiger charge is -2.26. The van der Waals surface area contributed by atoms with Gasteiger partial charge in [0.2, 0.25) is 10.0 Å². The Bertz CT molecular complexity index is 1610. The van der Waals surface area contributed by atoms with Gasteiger partial charge in [0.25, 0.3) is 5.91 Å². The number of hydrogen-bond acceptors (Lipinski definition) is 6. The molecule has 1 aliphatic rings. The number of amides is 1. The van der Waals surface area contributed by atoms with Gasteiger partial charge in [0, 0.05) is 25.7 Å². The molecule has 1 amide bonds. The van der Waals surface area contributed by atoms with Gasteiger partial charge >= 0.3 is 0 Å². The van der Waals surface area contributed by atoms with Crippen LogP contribution < -0.4 is 5.32 Å². The Morgan fingerprint density at radius 2 is 1.67 bits per heavy atom. The van der Waals surface area contributed by atoms with Crippen molar-refractivity contribution in [2.75, 3.05) is 19.4 Å². The lowest BCUT2D eigenvalue weighted by Crippen LogP contribution is -2.22. The summed E-state index contributed by atoms with van der Waals surface area (Å²) < 4.78 is 27.8. The number of fused-ring (bicyclic) bond motifs is 2. The molecular formula is C26H26N6O3S. The molecule has 5 rings (SSSR count). The number of hydrogen-bond donors (Lipinski definition) is 1. The lowest BCUT2D eigenvalue weighted by molar-refractivity contribution is 0.102. The van der Waals surface area contributed by atoms with Crippen molar-refractivity contribution >= 4 is 43.9 Å². The summed E-state index contributed by atoms with van der Waals surface area (Å²) in [7, 11) is -0.702. The molecule has 0 aliphatic heterocycles. The first-order valence-electron chi connectivity index (χ1n) is 11.9. The predicted octanol–water partition coefficient (Wildman–Crippen LogP) is 4.46. The molecule has 2 aromatic heterocycles. The molecule has 0 radical (unpaired) electrons. The number of nitriles is 1. The molecule has 0 atom stereocenters. The molecule has 4 aromatic rings. The quantitative estimate of drug-likeness (QED) is 0.430. The molecular weight excluding hydrogens is 476 g/mol. The van der Waals surface area contributed by atoms with Crippen LogP contribution in [0.25, 0.3) is 22.2 Å². The monoisotopic (exact) mass is 502 g/mol. The molecule has 1 N–H and O–H groups in total. The average molecular weight is 503 g/mol. The molecule has 0 saturated heterocycles. The summed E-state index contributed by atoms with van der Waals surface area (Å²) >= 11 is 0. The summed E-state index contributed by atoms with van der Waals surface area (Å²) in [6.45, 7) is 0. The zero-order valence-electron chi connectivity index (χ0n) is 20.1. The second-order valence-corrected chi connectivity index (χ2v) is 11.3. The van der Waals surface area contributed by atoms with Crippen LogP contribution in [0.2, 0.25) is 0 Å². The average Bonchev–Trinajstić information content (AvgIpc) is 3.19. The van der Waals surface area contributed by atoms with Crippen LogP contribution >= 0.6 is 0 Å². The van der Waals surface area contributed by atoms with Gasteiger partial charge in [0.05, 0.1) is 15.9 Å². The van der Waals surface area contributed by atoms with Gasteiger partial charge in [0.1, 0.15) is 23.0 Å². The van der Waals surface area contributed by atoms with Crippen molar-refractivity contribution in [2.24, 2.45) is 0 Å². The van der Waals surface area contributed by atoms with E-state index in [1.165, 1.54) is 38.4 Å². The van der Waals surface area contributed by atoms with E-state index < -0.39 is 15.9 Å². The van der Waals surface area contributed by atoms with Crippen LogP contribution in [-0.4, -0.2) is 47.3 Å². The van der Waals surface area contributed by atoms with E-state index in [4.69, 9.17) is 9.97 Å². The van der Waals surface area contributed by atoms with E-state index in [2.05, 4.69) is 11.4 Å². The van der Waals surface area contributed by atoms with Crippen LogP contribution in [0, 0.1) is 11.3 Å². The first kappa shape index (κ1) is 23.9. The number of carbonyl (C=O) groups excluding carboxylic acids is 1. The standard InChI is InChI=1S/C26H26N6O3S/c1-31(2)36(34,35)19-14-12-17(13-15-19)26(33)30-24-20(16-27)23-25(32(24)18-8-4-3-5-9-18)29-22-11-7-6-10-21(22)28-23/h6-7,10-15,18H,3-5,8-9H2,1-2H3,(H,30,33). The fourth-order valence-corrected chi connectivity index (χ4v) is 5.66. The highest BCUT2D eigenvalue weighted by molar-refractivity contribution is 7.89. The zero-order chi connectivity index (χ0) is 25.4. The van der Waals surface area contributed by atoms with E-state index in [0.717, 1.165) is 41.9 Å². The number of benzene rings is 2. The molecule has 0 bridgehead atoms. The van der Waals surface area contributed by atoms with Crippen molar-refractivity contribution in [2.45, 2.75) is 43.0 Å². The number of sulfonamides is 1. The first-order valence-corrected chi connectivity index (χ1v) is 13.3. The SMILES string of the molecule is CN(C)S(=O)(=O)c1ccc(C(=O)Nc2c(C#N)c3nc4ccccc4nc3n2C2CCCCC2)cc1. The molecule has 184 valence electrons. The second kappa shape index (κ2) is 9.33. The number of aromatic nitrogens is 3. The summed E-state index contributed by atoms with van der Waals surface area (Å²) in [5, 5.41) is 13.0. The van der Waals surface area contributed by atoms with Crippen LogP contribution in [0.15, 0.2) is 53.4 Å². The van der Waals surface area contributed by atoms with Crippen molar-refractivity contribution < 1.29 is 13.2 Å². The number of anilines is 1. The third-order valence-corrected chi connectivity index (χ3v) is 8.50. The fraction of sp³-hybridized carbons (Fsp3) is 0.308. The van der Waals surface area contributed by atoms with E-state index >= 15 is 0 Å². The smallest absolute Gasteiger partial charge is 0.256 e. The topological polar surface area (TPSA) is 121 Å². The van der Waals surface area contributed by atoms with Crippen LogP contribution in [0.1, 0.15) is 54.1 Å². The Morgan fingerprint density at radius 1 is 1.03 bits per heavy atom. The minimum Gasteiger partial charge on any atom is -0.307 e. The summed E-state index contributed by atoms with van der Waals surface area (Å²) in [6.07, 6.45) is 5.11. The van der Waals surface area contributed by atoms with E-state index in [0.29, 0.717) is 22.5 Å². The van der Waals surface area contributed by atoms with Crippen molar-refractivity contribution in [3.8, 4) is 6.07 Å². The summed E-state index contributed by atoms with van der Waals surface area (Å²) in [6, 6.07) is 15.6. The Hall–Kier alpha value is -3.81. The maximum atomic E-state index is 13.3. The lowest BCUT2D eigenvalue weighted by atomic mass is 9.95. The number of para-hydroxylation sites is 2. The van der Waals surface area contributed by atoms with Gasteiger partial charge in [-0.2, -0.15) is 5.26 Å². The number of carbonyl (C=O) groups is 1. The largest absolute Gasteiger partial charge is 0.307 e. The molecule has 1 aliphatic carbocycles. The van der Waals surface area contributed by atoms with Gasteiger partial charge in [-0.25, -0.2) is 22.7 Å². The number of nitrogens with one attached hydrogen (secondary N) is 1. The van der Waals surface area contributed by atoms with Gasteiger partial charge in [0.15, 0.2) is 5.65 Å². The van der Waals surface area contributed by atoms with Crippen molar-refractivity contribution in [3.05, 3.63) is 59.7 Å². The van der Waals surface area contributed by atoms with Gasteiger partial charge in [-0.3, -0.25) is 4.79 Å². The predicted molar refractivity (Wildman–Crippen MR) is 137 cm³/mol. The second-order valence-electron chi connectivity index (χ2n) is 9.15. The van der Waals surface area contributed by atoms with Gasteiger partial charge < -0.3 is 9.88 Å². The molecule has 10 heteroatoms. The van der Waals surface area contributed by atoms with Gasteiger partial charge in [-0.1, -0.05) is 31.4 Å². The van der Waals surface area contributed by atoms with Crippen LogP contribution in [-0.2, 0) is 10.0 Å². The number of rotatable bonds is 5. The Kier molecular flexibility index (Phi) is 6.20. The van der Waals surface area contributed by atoms with Gasteiger partial charge in [-0.15, -0.1) is 0 Å². The summed E-state index contributed by atoms with van der Waals surface area (Å²) in [4.78, 5) is 23.0. The zero-order valence-corrected chi connectivity index (χ0v) is 20.9. The summed E-state index contributed by atoms with van der Waals surface area (Å²) in [5.74, 6) is -0.0607. The van der Waals surface area contributed by atoms with Gasteiger partial charge in [-0.05, 0) is 49.2 Å². The van der Waals surface area contributed by atoms with Crippen molar-refractivity contribution in [1.29, 1.82) is 5.26 Å². The highest BCUT2D eigenvalue weighted by Crippen LogP contribution is 2.38. The minimum atomic E-state index is -3.61. The molecule has 9 nitrogen and oxygen atoms in total. The van der Waals surface area contributed by atoms with E-state index in [9.17, 15) is 18.5 Å². The van der Waals surface area contributed by atoms with E-state index in [1.54, 1.807) is 0 Å². The molecule has 0 unspecified atom stereocenters. The van der Waals surface area contributed by atoms with Crippen molar-refractivity contribution in [1.82, 2.24) is 18.8 Å². The minimum absolute atomic E-state index is 0.0849. The highest BCUT2D eigenvalue weighted by Gasteiger charge is 2.28. The molecule has 2 heterocycles. The fourth-order valence-electron chi connectivity index (χ4n) is 4.76. The Labute approximate surface area is 209 Å². The normalized spacial score (nSPS) is 14.8. The molecule has 36 heavy (non-hydrogen) atoms. The molecule has 1 saturated carbocycles. The third kappa shape index (κ3) is 4.10. The van der Waals surface area contributed by atoms with Crippen LogP contribution in [0.4, 0.5) is 5.82 Å². The van der Waals surface area contributed by atoms with Crippen LogP contribution in [0.3, 0.4) is 0 Å². The van der Waals surface area contributed by atoms with E-state index in [-0.39, 0.29) is 22.1 Å². The first-order chi connectivity index (χ1) is 17.3. The van der Waals surface area contributed by atoms with Crippen LogP contribution in [0.5, 0.6) is 0 Å². The maximum absolute atomic E-state index is 13.3. The summed E-state index contributed by atoms with van der Waals surface area (Å²) in [5.41, 5.74) is 3.00. The molecule has 1 fully saturated rings. The Balaban J connectivity index is 1.61. The Morgan fingerprint density at radius 3 is 2.28 bits per heavy atom.